The number of benzene rings is 1. The van der Waals surface area contributed by atoms with Crippen molar-refractivity contribution in [1.29, 1.82) is 0 Å². The van der Waals surface area contributed by atoms with Gasteiger partial charge in [0.15, 0.2) is 5.75 Å². The molecule has 1 aromatic rings. The molecule has 0 aliphatic heterocycles. The van der Waals surface area contributed by atoms with Crippen LogP contribution in [0.2, 0.25) is 10.0 Å². The molecule has 0 amide bonds. The summed E-state index contributed by atoms with van der Waals surface area (Å²) in [4.78, 5) is 0. The third kappa shape index (κ3) is 5.00. The molecule has 0 radical (unpaired) electrons. The lowest BCUT2D eigenvalue weighted by Crippen LogP contribution is -2.38. The van der Waals surface area contributed by atoms with Crippen LogP contribution in [0.3, 0.4) is 0 Å². The van der Waals surface area contributed by atoms with Gasteiger partial charge in [0.1, 0.15) is 12.7 Å². The van der Waals surface area contributed by atoms with Gasteiger partial charge in [0.05, 0.1) is 16.7 Å². The molecule has 2 atom stereocenters. The van der Waals surface area contributed by atoms with Crippen LogP contribution in [0.25, 0.3) is 0 Å². The van der Waals surface area contributed by atoms with Crippen LogP contribution >= 0.6 is 23.2 Å². The van der Waals surface area contributed by atoms with Gasteiger partial charge in [-0.1, -0.05) is 29.3 Å². The van der Waals surface area contributed by atoms with Crippen LogP contribution in [0.15, 0.2) is 18.2 Å². The van der Waals surface area contributed by atoms with Gasteiger partial charge >= 0.3 is 0 Å². The first kappa shape index (κ1) is 15.5. The van der Waals surface area contributed by atoms with Crippen molar-refractivity contribution in [2.24, 2.45) is 0 Å². The summed E-state index contributed by atoms with van der Waals surface area (Å²) < 4.78 is 5.38. The summed E-state index contributed by atoms with van der Waals surface area (Å²) in [6, 6.07) is 4.99. The molecule has 1 rings (SSSR count). The van der Waals surface area contributed by atoms with E-state index >= 15 is 0 Å². The van der Waals surface area contributed by atoms with Gasteiger partial charge in [0.2, 0.25) is 0 Å². The summed E-state index contributed by atoms with van der Waals surface area (Å²) in [7, 11) is 0. The van der Waals surface area contributed by atoms with E-state index < -0.39 is 6.10 Å². The van der Waals surface area contributed by atoms with E-state index in [2.05, 4.69) is 5.32 Å². The van der Waals surface area contributed by atoms with Gasteiger partial charge in [-0.2, -0.15) is 0 Å². The average Bonchev–Trinajstić information content (AvgIpc) is 2.35. The minimum absolute atomic E-state index is 0.0178. The molecule has 0 saturated carbocycles. The largest absolute Gasteiger partial charge is 0.488 e. The second-order valence-corrected chi connectivity index (χ2v) is 4.82. The Morgan fingerprint density at radius 3 is 2.50 bits per heavy atom. The standard InChI is InChI=1S/C12H17Cl2NO3/c1-8(6-16)15-5-9(17)7-18-12-10(13)3-2-4-11(12)14/h2-4,8-9,15-17H,5-7H2,1H3. The Morgan fingerprint density at radius 2 is 1.94 bits per heavy atom. The number of rotatable bonds is 7. The highest BCUT2D eigenvalue weighted by atomic mass is 35.5. The van der Waals surface area contributed by atoms with Crippen molar-refractivity contribution in [1.82, 2.24) is 5.32 Å². The first-order chi connectivity index (χ1) is 8.54. The molecule has 0 heterocycles. The molecule has 0 aliphatic rings. The van der Waals surface area contributed by atoms with E-state index in [1.54, 1.807) is 18.2 Å². The van der Waals surface area contributed by atoms with E-state index in [9.17, 15) is 5.11 Å². The third-order valence-corrected chi connectivity index (χ3v) is 2.91. The van der Waals surface area contributed by atoms with E-state index in [1.165, 1.54) is 0 Å². The molecule has 0 bridgehead atoms. The van der Waals surface area contributed by atoms with Gasteiger partial charge in [0, 0.05) is 12.6 Å². The average molecular weight is 294 g/mol. The van der Waals surface area contributed by atoms with Crippen molar-refractivity contribution in [3.63, 3.8) is 0 Å². The highest BCUT2D eigenvalue weighted by molar-refractivity contribution is 6.37. The summed E-state index contributed by atoms with van der Waals surface area (Å²) in [5.74, 6) is 0.370. The number of para-hydroxylation sites is 1. The topological polar surface area (TPSA) is 61.7 Å². The van der Waals surface area contributed by atoms with Crippen LogP contribution in [-0.2, 0) is 0 Å². The second kappa shape index (κ2) is 7.81. The quantitative estimate of drug-likeness (QED) is 0.716. The summed E-state index contributed by atoms with van der Waals surface area (Å²) in [5.41, 5.74) is 0. The van der Waals surface area contributed by atoms with Gasteiger partial charge in [0.25, 0.3) is 0 Å². The van der Waals surface area contributed by atoms with E-state index in [1.807, 2.05) is 6.92 Å². The van der Waals surface area contributed by atoms with Gasteiger partial charge in [-0.3, -0.25) is 0 Å². The molecule has 18 heavy (non-hydrogen) atoms. The molecule has 0 aromatic heterocycles. The summed E-state index contributed by atoms with van der Waals surface area (Å²) in [6.07, 6.45) is -0.702. The smallest absolute Gasteiger partial charge is 0.156 e. The first-order valence-electron chi connectivity index (χ1n) is 5.63. The molecular formula is C12H17Cl2NO3. The normalized spacial score (nSPS) is 14.3. The minimum Gasteiger partial charge on any atom is -0.488 e. The molecule has 0 fully saturated rings. The van der Waals surface area contributed by atoms with Crippen LogP contribution in [0.4, 0.5) is 0 Å². The van der Waals surface area contributed by atoms with Crippen LogP contribution < -0.4 is 10.1 Å². The van der Waals surface area contributed by atoms with Crippen molar-refractivity contribution in [2.75, 3.05) is 19.8 Å². The van der Waals surface area contributed by atoms with E-state index in [4.69, 9.17) is 33.0 Å². The number of hydrogen-bond acceptors (Lipinski definition) is 4. The first-order valence-corrected chi connectivity index (χ1v) is 6.39. The summed E-state index contributed by atoms with van der Waals surface area (Å²) >= 11 is 11.8. The minimum atomic E-state index is -0.702. The number of ether oxygens (including phenoxy) is 1. The molecule has 3 N–H and O–H groups in total. The van der Waals surface area contributed by atoms with Crippen molar-refractivity contribution >= 4 is 23.2 Å². The highest BCUT2D eigenvalue weighted by Crippen LogP contribution is 2.32. The number of aliphatic hydroxyl groups is 2. The third-order valence-electron chi connectivity index (χ3n) is 2.31. The maximum Gasteiger partial charge on any atom is 0.156 e. The van der Waals surface area contributed by atoms with Gasteiger partial charge in [-0.05, 0) is 19.1 Å². The molecule has 6 heteroatoms. The zero-order chi connectivity index (χ0) is 13.5. The molecule has 0 saturated heterocycles. The highest BCUT2D eigenvalue weighted by Gasteiger charge is 2.11. The maximum absolute atomic E-state index is 9.68. The van der Waals surface area contributed by atoms with Gasteiger partial charge in [-0.15, -0.1) is 0 Å². The van der Waals surface area contributed by atoms with Crippen LogP contribution in [0.1, 0.15) is 6.92 Å². The summed E-state index contributed by atoms with van der Waals surface area (Å²) in [5, 5.41) is 22.3. The fourth-order valence-electron chi connectivity index (χ4n) is 1.26. The Kier molecular flexibility index (Phi) is 6.75. The molecule has 4 nitrogen and oxygen atoms in total. The zero-order valence-corrected chi connectivity index (χ0v) is 11.6. The van der Waals surface area contributed by atoms with E-state index in [0.717, 1.165) is 0 Å². The molecule has 0 spiro atoms. The molecule has 1 aromatic carbocycles. The lowest BCUT2D eigenvalue weighted by molar-refractivity contribution is 0.101. The van der Waals surface area contributed by atoms with Crippen molar-refractivity contribution in [2.45, 2.75) is 19.1 Å². The number of hydrogen-bond donors (Lipinski definition) is 3. The predicted molar refractivity (Wildman–Crippen MR) is 72.5 cm³/mol. The molecular weight excluding hydrogens is 277 g/mol. The Hall–Kier alpha value is -0.520. The molecule has 0 aliphatic carbocycles. The lowest BCUT2D eigenvalue weighted by atomic mass is 10.3. The van der Waals surface area contributed by atoms with Crippen molar-refractivity contribution < 1.29 is 14.9 Å². The Labute approximate surface area is 116 Å². The fraction of sp³-hybridized carbons (Fsp3) is 0.500. The van der Waals surface area contributed by atoms with Crippen LogP contribution in [-0.4, -0.2) is 42.1 Å². The monoisotopic (exact) mass is 293 g/mol. The van der Waals surface area contributed by atoms with Crippen molar-refractivity contribution in [3.8, 4) is 5.75 Å². The molecule has 2 unspecified atom stereocenters. The molecule has 102 valence electrons. The Balaban J connectivity index is 2.40. The van der Waals surface area contributed by atoms with Gasteiger partial charge < -0.3 is 20.3 Å². The SMILES string of the molecule is CC(CO)NCC(O)COc1c(Cl)cccc1Cl. The van der Waals surface area contributed by atoms with E-state index in [0.29, 0.717) is 22.3 Å². The van der Waals surface area contributed by atoms with E-state index in [-0.39, 0.29) is 19.3 Å². The maximum atomic E-state index is 9.68. The number of nitrogens with one attached hydrogen (secondary N) is 1. The fourth-order valence-corrected chi connectivity index (χ4v) is 1.77. The van der Waals surface area contributed by atoms with Crippen molar-refractivity contribution in [3.05, 3.63) is 28.2 Å². The zero-order valence-electron chi connectivity index (χ0n) is 10.1. The number of halogens is 2. The van der Waals surface area contributed by atoms with Crippen LogP contribution in [0.5, 0.6) is 5.75 Å². The predicted octanol–water partition coefficient (Wildman–Crippen LogP) is 1.70. The van der Waals surface area contributed by atoms with Gasteiger partial charge in [-0.25, -0.2) is 0 Å². The van der Waals surface area contributed by atoms with Crippen LogP contribution in [0, 0.1) is 0 Å². The summed E-state index contributed by atoms with van der Waals surface area (Å²) in [6.45, 7) is 2.24. The second-order valence-electron chi connectivity index (χ2n) is 4.01. The number of aliphatic hydroxyl groups excluding tert-OH is 2. The Morgan fingerprint density at radius 1 is 1.33 bits per heavy atom. The Bertz CT molecular complexity index is 356. The lowest BCUT2D eigenvalue weighted by Gasteiger charge is -2.17.